The molecule has 0 bridgehead atoms. The van der Waals surface area contributed by atoms with E-state index in [0.29, 0.717) is 12.3 Å². The average Bonchev–Trinajstić information content (AvgIpc) is 2.53. The second kappa shape index (κ2) is 6.57. The van der Waals surface area contributed by atoms with Crippen LogP contribution in [0.3, 0.4) is 0 Å². The highest BCUT2D eigenvalue weighted by molar-refractivity contribution is 6.13. The Hall–Kier alpha value is -3.09. The van der Waals surface area contributed by atoms with E-state index in [0.717, 1.165) is 11.1 Å². The Morgan fingerprint density at radius 1 is 0.864 bits per heavy atom. The topological polar surface area (TPSA) is 98.6 Å². The summed E-state index contributed by atoms with van der Waals surface area (Å²) >= 11 is 0. The van der Waals surface area contributed by atoms with Crippen molar-refractivity contribution in [2.75, 3.05) is 6.54 Å². The molecule has 2 rings (SSSR count). The number of aliphatic imine (C=N–C) groups is 1. The minimum atomic E-state index is -0.466. The van der Waals surface area contributed by atoms with Gasteiger partial charge >= 0.3 is 0 Å². The molecular formula is C15H13N3O4. The molecule has 0 aliphatic carbocycles. The zero-order chi connectivity index (χ0) is 16.1. The van der Waals surface area contributed by atoms with Gasteiger partial charge < -0.3 is 0 Å². The smallest absolute Gasteiger partial charge is 0.269 e. The summed E-state index contributed by atoms with van der Waals surface area (Å²) in [5.74, 6) is 0. The SMILES string of the molecule is CCN=C(c1ccc([N+](=O)[O-])cc1)c1ccc([N+](=O)[O-])cc1. The lowest BCUT2D eigenvalue weighted by atomic mass is 10.0. The third-order valence-electron chi connectivity index (χ3n) is 3.02. The van der Waals surface area contributed by atoms with Crippen LogP contribution in [0, 0.1) is 20.2 Å². The van der Waals surface area contributed by atoms with Gasteiger partial charge in [0.05, 0.1) is 15.6 Å². The van der Waals surface area contributed by atoms with Crippen LogP contribution < -0.4 is 0 Å². The van der Waals surface area contributed by atoms with Crippen LogP contribution >= 0.6 is 0 Å². The predicted octanol–water partition coefficient (Wildman–Crippen LogP) is 3.36. The molecule has 0 saturated heterocycles. The van der Waals surface area contributed by atoms with E-state index in [2.05, 4.69) is 4.99 Å². The molecule has 2 aromatic carbocycles. The van der Waals surface area contributed by atoms with Gasteiger partial charge in [-0.15, -0.1) is 0 Å². The number of nitro groups is 2. The molecule has 0 unspecified atom stereocenters. The molecule has 112 valence electrons. The summed E-state index contributed by atoms with van der Waals surface area (Å²) in [7, 11) is 0. The Bertz CT molecular complexity index is 662. The first-order valence-corrected chi connectivity index (χ1v) is 6.57. The van der Waals surface area contributed by atoms with Crippen LogP contribution in [0.1, 0.15) is 18.1 Å². The maximum Gasteiger partial charge on any atom is 0.269 e. The molecule has 0 aliphatic rings. The molecule has 0 spiro atoms. The maximum atomic E-state index is 10.7. The van der Waals surface area contributed by atoms with E-state index in [9.17, 15) is 20.2 Å². The molecule has 0 atom stereocenters. The lowest BCUT2D eigenvalue weighted by Gasteiger charge is -2.07. The molecule has 0 radical (unpaired) electrons. The van der Waals surface area contributed by atoms with Crippen LogP contribution in [0.4, 0.5) is 11.4 Å². The molecule has 0 aliphatic heterocycles. The third kappa shape index (κ3) is 3.32. The van der Waals surface area contributed by atoms with Crippen LogP contribution in [0.25, 0.3) is 0 Å². The van der Waals surface area contributed by atoms with Gasteiger partial charge in [-0.05, 0) is 31.2 Å². The molecule has 7 nitrogen and oxygen atoms in total. The van der Waals surface area contributed by atoms with Crippen LogP contribution in [-0.4, -0.2) is 22.1 Å². The second-order valence-electron chi connectivity index (χ2n) is 4.43. The van der Waals surface area contributed by atoms with Gasteiger partial charge in [-0.1, -0.05) is 0 Å². The number of rotatable bonds is 5. The highest BCUT2D eigenvalue weighted by atomic mass is 16.6. The van der Waals surface area contributed by atoms with Gasteiger partial charge in [-0.2, -0.15) is 0 Å². The van der Waals surface area contributed by atoms with Crippen molar-refractivity contribution in [3.63, 3.8) is 0 Å². The van der Waals surface area contributed by atoms with E-state index in [-0.39, 0.29) is 11.4 Å². The molecule has 0 N–H and O–H groups in total. The summed E-state index contributed by atoms with van der Waals surface area (Å²) in [5.41, 5.74) is 2.10. The van der Waals surface area contributed by atoms with E-state index in [4.69, 9.17) is 0 Å². The molecule has 0 heterocycles. The van der Waals surface area contributed by atoms with Crippen molar-refractivity contribution in [1.29, 1.82) is 0 Å². The third-order valence-corrected chi connectivity index (χ3v) is 3.02. The van der Waals surface area contributed by atoms with Crippen molar-refractivity contribution in [3.8, 4) is 0 Å². The Morgan fingerprint density at radius 2 is 1.23 bits per heavy atom. The summed E-state index contributed by atoms with van der Waals surface area (Å²) < 4.78 is 0. The predicted molar refractivity (Wildman–Crippen MR) is 82.4 cm³/mol. The Labute approximate surface area is 126 Å². The Morgan fingerprint density at radius 3 is 1.50 bits per heavy atom. The van der Waals surface area contributed by atoms with Gasteiger partial charge in [-0.3, -0.25) is 25.2 Å². The molecule has 2 aromatic rings. The zero-order valence-corrected chi connectivity index (χ0v) is 11.8. The summed E-state index contributed by atoms with van der Waals surface area (Å²) in [6.07, 6.45) is 0. The van der Waals surface area contributed by atoms with Crippen molar-refractivity contribution in [3.05, 3.63) is 79.9 Å². The standard InChI is InChI=1S/C15H13N3O4/c1-2-16-15(11-3-7-13(8-4-11)17(19)20)12-5-9-14(10-6-12)18(21)22/h3-10H,2H2,1H3. The summed E-state index contributed by atoms with van der Waals surface area (Å²) in [6, 6.07) is 12.1. The zero-order valence-electron chi connectivity index (χ0n) is 11.8. The number of nitro benzene ring substituents is 2. The van der Waals surface area contributed by atoms with Crippen LogP contribution in [0.15, 0.2) is 53.5 Å². The molecule has 22 heavy (non-hydrogen) atoms. The van der Waals surface area contributed by atoms with Gasteiger partial charge in [-0.25, -0.2) is 0 Å². The van der Waals surface area contributed by atoms with E-state index in [1.165, 1.54) is 24.3 Å². The van der Waals surface area contributed by atoms with Gasteiger partial charge in [0.1, 0.15) is 0 Å². The summed E-state index contributed by atoms with van der Waals surface area (Å²) in [5, 5.41) is 21.4. The highest BCUT2D eigenvalue weighted by Gasteiger charge is 2.11. The summed E-state index contributed by atoms with van der Waals surface area (Å²) in [4.78, 5) is 24.8. The molecule has 0 saturated carbocycles. The van der Waals surface area contributed by atoms with E-state index in [1.54, 1.807) is 24.3 Å². The van der Waals surface area contributed by atoms with Crippen molar-refractivity contribution < 1.29 is 9.85 Å². The van der Waals surface area contributed by atoms with Crippen LogP contribution in [0.2, 0.25) is 0 Å². The molecule has 0 aromatic heterocycles. The van der Waals surface area contributed by atoms with Crippen molar-refractivity contribution >= 4 is 17.1 Å². The molecule has 7 heteroatoms. The first kappa shape index (κ1) is 15.3. The fourth-order valence-corrected chi connectivity index (χ4v) is 1.99. The van der Waals surface area contributed by atoms with Gasteiger partial charge in [0, 0.05) is 41.9 Å². The fourth-order valence-electron chi connectivity index (χ4n) is 1.99. The highest BCUT2D eigenvalue weighted by Crippen LogP contribution is 2.18. The van der Waals surface area contributed by atoms with Crippen molar-refractivity contribution in [2.45, 2.75) is 6.92 Å². The number of hydrogen-bond donors (Lipinski definition) is 0. The van der Waals surface area contributed by atoms with Gasteiger partial charge in [0.25, 0.3) is 11.4 Å². The first-order chi connectivity index (χ1) is 10.5. The van der Waals surface area contributed by atoms with E-state index in [1.807, 2.05) is 6.92 Å². The quantitative estimate of drug-likeness (QED) is 0.480. The molecule has 0 amide bonds. The minimum Gasteiger partial charge on any atom is -0.284 e. The number of hydrogen-bond acceptors (Lipinski definition) is 5. The number of nitrogens with zero attached hydrogens (tertiary/aromatic N) is 3. The first-order valence-electron chi connectivity index (χ1n) is 6.57. The van der Waals surface area contributed by atoms with Crippen molar-refractivity contribution in [2.24, 2.45) is 4.99 Å². The molecular weight excluding hydrogens is 286 g/mol. The van der Waals surface area contributed by atoms with E-state index < -0.39 is 9.85 Å². The number of non-ortho nitro benzene ring substituents is 2. The van der Waals surface area contributed by atoms with Crippen molar-refractivity contribution in [1.82, 2.24) is 0 Å². The second-order valence-corrected chi connectivity index (χ2v) is 4.43. The minimum absolute atomic E-state index is 0.00305. The van der Waals surface area contributed by atoms with Crippen LogP contribution in [-0.2, 0) is 0 Å². The lowest BCUT2D eigenvalue weighted by molar-refractivity contribution is -0.385. The van der Waals surface area contributed by atoms with Gasteiger partial charge in [0.2, 0.25) is 0 Å². The van der Waals surface area contributed by atoms with Crippen LogP contribution in [0.5, 0.6) is 0 Å². The number of benzene rings is 2. The van der Waals surface area contributed by atoms with Gasteiger partial charge in [0.15, 0.2) is 0 Å². The largest absolute Gasteiger partial charge is 0.284 e. The Kier molecular flexibility index (Phi) is 4.57. The molecule has 0 fully saturated rings. The normalized spacial score (nSPS) is 10.0. The monoisotopic (exact) mass is 299 g/mol. The fraction of sp³-hybridized carbons (Fsp3) is 0.133. The summed E-state index contributed by atoms with van der Waals surface area (Å²) in [6.45, 7) is 2.40. The Balaban J connectivity index is 2.40. The maximum absolute atomic E-state index is 10.7. The van der Waals surface area contributed by atoms with E-state index >= 15 is 0 Å². The lowest BCUT2D eigenvalue weighted by Crippen LogP contribution is -2.04. The average molecular weight is 299 g/mol.